The van der Waals surface area contributed by atoms with E-state index in [1.54, 1.807) is 49.6 Å². The van der Waals surface area contributed by atoms with E-state index < -0.39 is 0 Å². The fourth-order valence-corrected chi connectivity index (χ4v) is 2.75. The fraction of sp³-hybridized carbons (Fsp3) is 0.0833. The number of hydrogen-bond acceptors (Lipinski definition) is 4. The number of anilines is 3. The zero-order valence-electron chi connectivity index (χ0n) is 16.4. The lowest BCUT2D eigenvalue weighted by Crippen LogP contribution is -2.21. The maximum atomic E-state index is 12.4. The number of hydrogen-bond donors (Lipinski definition) is 3. The molecule has 0 radical (unpaired) electrons. The highest BCUT2D eigenvalue weighted by Crippen LogP contribution is 2.23. The van der Waals surface area contributed by atoms with Crippen molar-refractivity contribution in [1.29, 1.82) is 0 Å². The third-order valence-electron chi connectivity index (χ3n) is 4.27. The molecule has 3 aromatic rings. The molecule has 3 rings (SSSR count). The predicted octanol–water partition coefficient (Wildman–Crippen LogP) is 3.98. The Morgan fingerprint density at radius 3 is 2.43 bits per heavy atom. The average molecular weight is 399 g/mol. The van der Waals surface area contributed by atoms with E-state index in [-0.39, 0.29) is 18.4 Å². The zero-order valence-corrected chi connectivity index (χ0v) is 16.4. The molecule has 0 aliphatic rings. The third-order valence-corrected chi connectivity index (χ3v) is 4.27. The number of terminal acetylenes is 1. The van der Waals surface area contributed by atoms with Crippen molar-refractivity contribution in [2.24, 2.45) is 0 Å². The minimum absolute atomic E-state index is 0.0874. The first kappa shape index (κ1) is 20.5. The highest BCUT2D eigenvalue weighted by Gasteiger charge is 2.10. The summed E-state index contributed by atoms with van der Waals surface area (Å²) in [5, 5.41) is 8.62. The number of carbonyl (C=O) groups excluding carboxylic acids is 2. The van der Waals surface area contributed by atoms with Crippen molar-refractivity contribution in [2.45, 2.75) is 0 Å². The van der Waals surface area contributed by atoms with Gasteiger partial charge in [0.05, 0.1) is 19.3 Å². The van der Waals surface area contributed by atoms with Gasteiger partial charge in [0, 0.05) is 22.5 Å². The molecule has 3 N–H and O–H groups in total. The molecule has 0 atom stereocenters. The largest absolute Gasteiger partial charge is 0.495 e. The van der Waals surface area contributed by atoms with E-state index in [0.717, 1.165) is 11.3 Å². The Morgan fingerprint density at radius 2 is 1.70 bits per heavy atom. The summed E-state index contributed by atoms with van der Waals surface area (Å²) in [5.41, 5.74) is 3.14. The van der Waals surface area contributed by atoms with Crippen LogP contribution in [0.2, 0.25) is 0 Å². The summed E-state index contributed by atoms with van der Waals surface area (Å²) in [6.45, 7) is 0.0874. The molecule has 0 heterocycles. The number of methoxy groups -OCH3 is 1. The van der Waals surface area contributed by atoms with Gasteiger partial charge in [-0.3, -0.25) is 9.59 Å². The number of rotatable bonds is 7. The van der Waals surface area contributed by atoms with Crippen molar-refractivity contribution in [3.05, 3.63) is 83.9 Å². The SMILES string of the molecule is C#Cc1cccc(NCC(=O)Nc2ccc(C(=O)Nc3ccccc3OC)cc2)c1. The number of ether oxygens (including phenoxy) is 1. The van der Waals surface area contributed by atoms with Crippen LogP contribution < -0.4 is 20.7 Å². The Balaban J connectivity index is 1.55. The molecule has 6 nitrogen and oxygen atoms in total. The number of nitrogens with one attached hydrogen (secondary N) is 3. The van der Waals surface area contributed by atoms with Gasteiger partial charge < -0.3 is 20.7 Å². The van der Waals surface area contributed by atoms with Crippen LogP contribution in [0.4, 0.5) is 17.1 Å². The fourth-order valence-electron chi connectivity index (χ4n) is 2.75. The van der Waals surface area contributed by atoms with Crippen LogP contribution >= 0.6 is 0 Å². The summed E-state index contributed by atoms with van der Waals surface area (Å²) in [4.78, 5) is 24.6. The van der Waals surface area contributed by atoms with Crippen molar-refractivity contribution in [3.8, 4) is 18.1 Å². The van der Waals surface area contributed by atoms with E-state index in [0.29, 0.717) is 22.7 Å². The Kier molecular flexibility index (Phi) is 6.70. The highest BCUT2D eigenvalue weighted by molar-refractivity contribution is 6.05. The predicted molar refractivity (Wildman–Crippen MR) is 119 cm³/mol. The smallest absolute Gasteiger partial charge is 0.255 e. The standard InChI is InChI=1S/C24H21N3O3/c1-3-17-7-6-8-20(15-17)25-16-23(28)26-19-13-11-18(12-14-19)24(29)27-21-9-4-5-10-22(21)30-2/h1,4-15,25H,16H2,2H3,(H,26,28)(H,27,29). The van der Waals surface area contributed by atoms with E-state index in [9.17, 15) is 9.59 Å². The van der Waals surface area contributed by atoms with E-state index in [2.05, 4.69) is 21.9 Å². The van der Waals surface area contributed by atoms with Gasteiger partial charge in [-0.25, -0.2) is 0 Å². The van der Waals surface area contributed by atoms with E-state index >= 15 is 0 Å². The van der Waals surface area contributed by atoms with Crippen LogP contribution in [0, 0.1) is 12.3 Å². The first-order chi connectivity index (χ1) is 14.6. The van der Waals surface area contributed by atoms with Gasteiger partial charge in [-0.05, 0) is 54.6 Å². The second-order valence-electron chi connectivity index (χ2n) is 6.36. The van der Waals surface area contributed by atoms with Gasteiger partial charge in [-0.1, -0.05) is 24.1 Å². The molecule has 0 saturated carbocycles. The zero-order chi connectivity index (χ0) is 21.3. The summed E-state index contributed by atoms with van der Waals surface area (Å²) in [6.07, 6.45) is 5.38. The summed E-state index contributed by atoms with van der Waals surface area (Å²) in [7, 11) is 1.54. The van der Waals surface area contributed by atoms with Crippen molar-refractivity contribution >= 4 is 28.9 Å². The van der Waals surface area contributed by atoms with Crippen LogP contribution in [0.1, 0.15) is 15.9 Å². The van der Waals surface area contributed by atoms with Gasteiger partial charge in [0.2, 0.25) is 5.91 Å². The lowest BCUT2D eigenvalue weighted by molar-refractivity contribution is -0.114. The summed E-state index contributed by atoms with van der Waals surface area (Å²) in [5.74, 6) is 2.64. The Bertz CT molecular complexity index is 1090. The lowest BCUT2D eigenvalue weighted by atomic mass is 10.2. The molecule has 0 aliphatic carbocycles. The Morgan fingerprint density at radius 1 is 0.933 bits per heavy atom. The van der Waals surface area contributed by atoms with E-state index in [4.69, 9.17) is 11.2 Å². The van der Waals surface area contributed by atoms with Gasteiger partial charge in [0.1, 0.15) is 5.75 Å². The summed E-state index contributed by atoms with van der Waals surface area (Å²) >= 11 is 0. The summed E-state index contributed by atoms with van der Waals surface area (Å²) < 4.78 is 5.23. The number of para-hydroxylation sites is 2. The molecule has 6 heteroatoms. The van der Waals surface area contributed by atoms with Crippen LogP contribution in [0.3, 0.4) is 0 Å². The minimum Gasteiger partial charge on any atom is -0.495 e. The quantitative estimate of drug-likeness (QED) is 0.525. The van der Waals surface area contributed by atoms with Gasteiger partial charge in [-0.15, -0.1) is 6.42 Å². The van der Waals surface area contributed by atoms with Gasteiger partial charge in [-0.2, -0.15) is 0 Å². The van der Waals surface area contributed by atoms with Crippen molar-refractivity contribution in [3.63, 3.8) is 0 Å². The normalized spacial score (nSPS) is 9.87. The van der Waals surface area contributed by atoms with Crippen molar-refractivity contribution in [1.82, 2.24) is 0 Å². The number of amides is 2. The average Bonchev–Trinajstić information content (AvgIpc) is 2.78. The summed E-state index contributed by atoms with van der Waals surface area (Å²) in [6, 6.07) is 21.1. The van der Waals surface area contributed by atoms with Crippen molar-refractivity contribution in [2.75, 3.05) is 29.6 Å². The maximum absolute atomic E-state index is 12.4. The van der Waals surface area contributed by atoms with Crippen LogP contribution in [-0.4, -0.2) is 25.5 Å². The van der Waals surface area contributed by atoms with Gasteiger partial charge >= 0.3 is 0 Å². The molecule has 0 aromatic heterocycles. The molecular formula is C24H21N3O3. The molecule has 0 spiro atoms. The molecule has 3 aromatic carbocycles. The number of carbonyl (C=O) groups is 2. The molecule has 0 unspecified atom stereocenters. The van der Waals surface area contributed by atoms with Crippen molar-refractivity contribution < 1.29 is 14.3 Å². The lowest BCUT2D eigenvalue weighted by Gasteiger charge is -2.11. The third kappa shape index (κ3) is 5.40. The van der Waals surface area contributed by atoms with Gasteiger partial charge in [0.15, 0.2) is 0 Å². The molecule has 0 bridgehead atoms. The highest BCUT2D eigenvalue weighted by atomic mass is 16.5. The molecule has 0 aliphatic heterocycles. The molecule has 0 fully saturated rings. The topological polar surface area (TPSA) is 79.5 Å². The molecule has 30 heavy (non-hydrogen) atoms. The van der Waals surface area contributed by atoms with E-state index in [1.807, 2.05) is 30.3 Å². The minimum atomic E-state index is -0.271. The second-order valence-corrected chi connectivity index (χ2v) is 6.36. The molecule has 0 saturated heterocycles. The van der Waals surface area contributed by atoms with Gasteiger partial charge in [0.25, 0.3) is 5.91 Å². The Hall–Kier alpha value is -4.24. The van der Waals surface area contributed by atoms with Crippen LogP contribution in [-0.2, 0) is 4.79 Å². The monoisotopic (exact) mass is 399 g/mol. The Labute approximate surface area is 175 Å². The number of benzene rings is 3. The first-order valence-corrected chi connectivity index (χ1v) is 9.24. The first-order valence-electron chi connectivity index (χ1n) is 9.24. The van der Waals surface area contributed by atoms with Crippen LogP contribution in [0.15, 0.2) is 72.8 Å². The molecular weight excluding hydrogens is 378 g/mol. The maximum Gasteiger partial charge on any atom is 0.255 e. The second kappa shape index (κ2) is 9.80. The van der Waals surface area contributed by atoms with Crippen LogP contribution in [0.5, 0.6) is 5.75 Å². The molecule has 2 amide bonds. The van der Waals surface area contributed by atoms with Crippen LogP contribution in [0.25, 0.3) is 0 Å². The van der Waals surface area contributed by atoms with E-state index in [1.165, 1.54) is 0 Å². The molecule has 150 valence electrons.